The predicted molar refractivity (Wildman–Crippen MR) is 71.2 cm³/mol. The molecule has 2 rings (SSSR count). The third kappa shape index (κ3) is 2.52. The molecule has 0 fully saturated rings. The lowest BCUT2D eigenvalue weighted by Crippen LogP contribution is -2.05. The summed E-state index contributed by atoms with van der Waals surface area (Å²) in [7, 11) is 0. The SMILES string of the molecule is CSCCCNc1nc2sccn2c1[N+](=O)[O-]. The van der Waals surface area contributed by atoms with Crippen LogP contribution in [0.2, 0.25) is 0 Å². The van der Waals surface area contributed by atoms with Crippen LogP contribution in [-0.4, -0.2) is 32.9 Å². The Morgan fingerprint density at radius 2 is 2.53 bits per heavy atom. The van der Waals surface area contributed by atoms with Crippen LogP contribution in [0, 0.1) is 10.1 Å². The van der Waals surface area contributed by atoms with E-state index in [0.717, 1.165) is 12.2 Å². The van der Waals surface area contributed by atoms with Crippen molar-refractivity contribution in [1.82, 2.24) is 9.38 Å². The summed E-state index contributed by atoms with van der Waals surface area (Å²) in [6.45, 7) is 0.701. The number of aromatic nitrogens is 2. The lowest BCUT2D eigenvalue weighted by Gasteiger charge is -2.01. The van der Waals surface area contributed by atoms with Crippen molar-refractivity contribution in [1.29, 1.82) is 0 Å². The Hall–Kier alpha value is -1.28. The van der Waals surface area contributed by atoms with Crippen LogP contribution < -0.4 is 5.32 Å². The number of imidazole rings is 1. The second-order valence-electron chi connectivity index (χ2n) is 3.37. The maximum absolute atomic E-state index is 11.0. The number of hydrogen-bond donors (Lipinski definition) is 1. The molecule has 92 valence electrons. The number of thiazole rings is 1. The van der Waals surface area contributed by atoms with Crippen LogP contribution in [-0.2, 0) is 0 Å². The number of nitrogens with one attached hydrogen (secondary N) is 1. The average Bonchev–Trinajstić information content (AvgIpc) is 2.83. The van der Waals surface area contributed by atoms with Crippen molar-refractivity contribution in [2.75, 3.05) is 23.9 Å². The topological polar surface area (TPSA) is 72.5 Å². The minimum Gasteiger partial charge on any atom is -0.363 e. The van der Waals surface area contributed by atoms with Crippen molar-refractivity contribution in [2.45, 2.75) is 6.42 Å². The van der Waals surface area contributed by atoms with Gasteiger partial charge in [0, 0.05) is 11.9 Å². The fraction of sp³-hybridized carbons (Fsp3) is 0.444. The highest BCUT2D eigenvalue weighted by Gasteiger charge is 2.22. The smallest absolute Gasteiger partial charge is 0.363 e. The summed E-state index contributed by atoms with van der Waals surface area (Å²) in [5.41, 5.74) is 0. The molecule has 0 unspecified atom stereocenters. The van der Waals surface area contributed by atoms with Crippen LogP contribution in [0.1, 0.15) is 6.42 Å². The molecule has 0 amide bonds. The highest BCUT2D eigenvalue weighted by Crippen LogP contribution is 2.27. The third-order valence-electron chi connectivity index (χ3n) is 2.23. The highest BCUT2D eigenvalue weighted by molar-refractivity contribution is 7.98. The molecule has 0 bridgehead atoms. The fourth-order valence-electron chi connectivity index (χ4n) is 1.49. The Kier molecular flexibility index (Phi) is 3.85. The van der Waals surface area contributed by atoms with Gasteiger partial charge in [0.05, 0.1) is 0 Å². The molecule has 2 aromatic heterocycles. The molecule has 0 aliphatic carbocycles. The molecule has 0 aliphatic rings. The number of fused-ring (bicyclic) bond motifs is 1. The van der Waals surface area contributed by atoms with E-state index in [1.165, 1.54) is 15.7 Å². The summed E-state index contributed by atoms with van der Waals surface area (Å²) in [5.74, 6) is 1.41. The number of nitrogens with zero attached hydrogens (tertiary/aromatic N) is 3. The molecule has 0 radical (unpaired) electrons. The maximum Gasteiger partial charge on any atom is 0.372 e. The van der Waals surface area contributed by atoms with Crippen molar-refractivity contribution >= 4 is 39.7 Å². The first-order chi connectivity index (χ1) is 8.24. The van der Waals surface area contributed by atoms with Gasteiger partial charge in [0.25, 0.3) is 4.96 Å². The Morgan fingerprint density at radius 1 is 1.71 bits per heavy atom. The fourth-order valence-corrected chi connectivity index (χ4v) is 2.63. The Balaban J connectivity index is 2.17. The van der Waals surface area contributed by atoms with Gasteiger partial charge in [-0.1, -0.05) is 11.3 Å². The molecule has 0 saturated carbocycles. The molecule has 0 saturated heterocycles. The second-order valence-corrected chi connectivity index (χ2v) is 5.23. The summed E-state index contributed by atoms with van der Waals surface area (Å²) in [6, 6.07) is 0. The zero-order valence-corrected chi connectivity index (χ0v) is 10.9. The molecule has 0 aromatic carbocycles. The molecule has 1 N–H and O–H groups in total. The Bertz CT molecular complexity index is 522. The number of thioether (sulfide) groups is 1. The van der Waals surface area contributed by atoms with E-state index >= 15 is 0 Å². The van der Waals surface area contributed by atoms with Crippen LogP contribution in [0.3, 0.4) is 0 Å². The van der Waals surface area contributed by atoms with Crippen molar-refractivity contribution in [3.63, 3.8) is 0 Å². The predicted octanol–water partition coefficient (Wildman–Crippen LogP) is 2.47. The van der Waals surface area contributed by atoms with Gasteiger partial charge in [-0.3, -0.25) is 0 Å². The van der Waals surface area contributed by atoms with Crippen LogP contribution >= 0.6 is 23.1 Å². The van der Waals surface area contributed by atoms with Crippen molar-refractivity contribution < 1.29 is 4.92 Å². The van der Waals surface area contributed by atoms with E-state index in [9.17, 15) is 10.1 Å². The Labute approximate surface area is 106 Å². The van der Waals surface area contributed by atoms with Crippen LogP contribution in [0.15, 0.2) is 11.6 Å². The quantitative estimate of drug-likeness (QED) is 0.497. The summed E-state index contributed by atoms with van der Waals surface area (Å²) in [4.78, 5) is 15.4. The molecule has 2 aromatic rings. The molecule has 0 aliphatic heterocycles. The summed E-state index contributed by atoms with van der Waals surface area (Å²) >= 11 is 3.14. The van der Waals surface area contributed by atoms with Crippen LogP contribution in [0.5, 0.6) is 0 Å². The zero-order chi connectivity index (χ0) is 12.3. The average molecular weight is 272 g/mol. The minimum atomic E-state index is -0.399. The molecule has 8 heteroatoms. The summed E-state index contributed by atoms with van der Waals surface area (Å²) in [6.07, 6.45) is 4.66. The summed E-state index contributed by atoms with van der Waals surface area (Å²) in [5, 5.41) is 15.8. The molecule has 0 spiro atoms. The first kappa shape index (κ1) is 12.2. The van der Waals surface area contributed by atoms with Gasteiger partial charge < -0.3 is 15.4 Å². The Morgan fingerprint density at radius 3 is 3.24 bits per heavy atom. The lowest BCUT2D eigenvalue weighted by atomic mass is 10.4. The van der Waals surface area contributed by atoms with E-state index in [2.05, 4.69) is 10.3 Å². The van der Waals surface area contributed by atoms with Gasteiger partial charge in [-0.15, -0.1) is 0 Å². The van der Waals surface area contributed by atoms with E-state index in [0.29, 0.717) is 17.3 Å². The van der Waals surface area contributed by atoms with E-state index in [-0.39, 0.29) is 5.82 Å². The lowest BCUT2D eigenvalue weighted by molar-refractivity contribution is -0.389. The molecular formula is C9H12N4O2S2. The number of nitro groups is 1. The van der Waals surface area contributed by atoms with Crippen molar-refractivity contribution in [2.24, 2.45) is 0 Å². The van der Waals surface area contributed by atoms with Gasteiger partial charge in [-0.25, -0.2) is 0 Å². The van der Waals surface area contributed by atoms with Gasteiger partial charge in [0.15, 0.2) is 0 Å². The molecule has 17 heavy (non-hydrogen) atoms. The van der Waals surface area contributed by atoms with Crippen molar-refractivity contribution in [3.05, 3.63) is 21.7 Å². The highest BCUT2D eigenvalue weighted by atomic mass is 32.2. The maximum atomic E-state index is 11.0. The normalized spacial score (nSPS) is 10.9. The number of rotatable bonds is 6. The van der Waals surface area contributed by atoms with Gasteiger partial charge in [0.2, 0.25) is 5.82 Å². The van der Waals surface area contributed by atoms with Crippen LogP contribution in [0.4, 0.5) is 11.6 Å². The standard InChI is InChI=1S/C9H12N4O2S2/c1-16-5-2-3-10-7-8(13(14)15)12-4-6-17-9(12)11-7/h4,6,10H,2-3,5H2,1H3. The van der Waals surface area contributed by atoms with E-state index in [4.69, 9.17) is 0 Å². The number of hydrogen-bond acceptors (Lipinski definition) is 6. The molecule has 0 atom stereocenters. The molecule has 6 nitrogen and oxygen atoms in total. The monoisotopic (exact) mass is 272 g/mol. The van der Waals surface area contributed by atoms with Crippen molar-refractivity contribution in [3.8, 4) is 0 Å². The second kappa shape index (κ2) is 5.37. The van der Waals surface area contributed by atoms with E-state index < -0.39 is 4.92 Å². The van der Waals surface area contributed by atoms with Gasteiger partial charge >= 0.3 is 5.82 Å². The minimum absolute atomic E-state index is 0.0189. The first-order valence-electron chi connectivity index (χ1n) is 5.07. The van der Waals surface area contributed by atoms with E-state index in [1.54, 1.807) is 23.3 Å². The van der Waals surface area contributed by atoms with Gasteiger partial charge in [-0.2, -0.15) is 21.1 Å². The van der Waals surface area contributed by atoms with Gasteiger partial charge in [0.1, 0.15) is 6.20 Å². The zero-order valence-electron chi connectivity index (χ0n) is 9.25. The van der Waals surface area contributed by atoms with Crippen LogP contribution in [0.25, 0.3) is 4.96 Å². The van der Waals surface area contributed by atoms with E-state index in [1.807, 2.05) is 6.26 Å². The number of anilines is 1. The summed E-state index contributed by atoms with van der Waals surface area (Å²) < 4.78 is 1.50. The molecule has 2 heterocycles. The third-order valence-corrected chi connectivity index (χ3v) is 3.68. The first-order valence-corrected chi connectivity index (χ1v) is 7.34. The molecular weight excluding hydrogens is 260 g/mol. The largest absolute Gasteiger partial charge is 0.372 e. The van der Waals surface area contributed by atoms with Gasteiger partial charge in [-0.05, 0) is 23.4 Å².